The van der Waals surface area contributed by atoms with Crippen LogP contribution in [0.2, 0.25) is 0 Å². The number of amides is 1. The van der Waals surface area contributed by atoms with Gasteiger partial charge in [-0.2, -0.15) is 0 Å². The molecule has 5 nitrogen and oxygen atoms in total. The first-order valence-electron chi connectivity index (χ1n) is 9.86. The molecular formula is C22H33N3O2. The van der Waals surface area contributed by atoms with E-state index < -0.39 is 5.60 Å². The van der Waals surface area contributed by atoms with Gasteiger partial charge in [0.2, 0.25) is 0 Å². The van der Waals surface area contributed by atoms with Crippen molar-refractivity contribution in [3.8, 4) is 0 Å². The van der Waals surface area contributed by atoms with Crippen molar-refractivity contribution in [3.63, 3.8) is 0 Å². The predicted octanol–water partition coefficient (Wildman–Crippen LogP) is 3.31. The number of nitrogens with one attached hydrogen (secondary N) is 1. The average molecular weight is 372 g/mol. The van der Waals surface area contributed by atoms with Crippen LogP contribution < -0.4 is 0 Å². The van der Waals surface area contributed by atoms with Crippen LogP contribution in [0, 0.1) is 12.3 Å². The van der Waals surface area contributed by atoms with E-state index in [9.17, 15) is 9.90 Å². The molecule has 0 aliphatic carbocycles. The highest BCUT2D eigenvalue weighted by molar-refractivity contribution is 5.86. The second kappa shape index (κ2) is 7.28. The summed E-state index contributed by atoms with van der Waals surface area (Å²) >= 11 is 0. The maximum atomic E-state index is 13.0. The summed E-state index contributed by atoms with van der Waals surface area (Å²) < 4.78 is 0. The van der Waals surface area contributed by atoms with Crippen LogP contribution in [-0.2, 0) is 11.3 Å². The molecule has 148 valence electrons. The summed E-state index contributed by atoms with van der Waals surface area (Å²) in [6, 6.07) is 8.27. The summed E-state index contributed by atoms with van der Waals surface area (Å²) in [5, 5.41) is 12.3. The highest BCUT2D eigenvalue weighted by Gasteiger charge is 2.43. The number of aliphatic hydroxyl groups is 1. The molecule has 27 heavy (non-hydrogen) atoms. The van der Waals surface area contributed by atoms with Gasteiger partial charge >= 0.3 is 0 Å². The first-order chi connectivity index (χ1) is 12.6. The van der Waals surface area contributed by atoms with Crippen molar-refractivity contribution < 1.29 is 9.90 Å². The van der Waals surface area contributed by atoms with Crippen LogP contribution in [0.1, 0.15) is 44.9 Å². The number of nitrogens with zero attached hydrogens (tertiary/aromatic N) is 2. The number of fused-ring (bicyclic) bond motifs is 1. The van der Waals surface area contributed by atoms with Crippen molar-refractivity contribution in [2.24, 2.45) is 5.41 Å². The third-order valence-corrected chi connectivity index (χ3v) is 5.40. The van der Waals surface area contributed by atoms with Gasteiger partial charge in [-0.05, 0) is 43.9 Å². The van der Waals surface area contributed by atoms with E-state index in [1.807, 2.05) is 24.1 Å². The minimum atomic E-state index is -1.29. The van der Waals surface area contributed by atoms with Crippen molar-refractivity contribution in [3.05, 3.63) is 35.5 Å². The van der Waals surface area contributed by atoms with Gasteiger partial charge < -0.3 is 15.0 Å². The molecule has 2 N–H and O–H groups in total. The predicted molar refractivity (Wildman–Crippen MR) is 110 cm³/mol. The molecule has 1 aromatic carbocycles. The number of para-hydroxylation sites is 1. The summed E-state index contributed by atoms with van der Waals surface area (Å²) in [6.45, 7) is 10.9. The fraction of sp³-hybridized carbons (Fsp3) is 0.591. The van der Waals surface area contributed by atoms with E-state index >= 15 is 0 Å². The van der Waals surface area contributed by atoms with E-state index in [1.54, 1.807) is 0 Å². The molecule has 2 heterocycles. The fourth-order valence-electron chi connectivity index (χ4n) is 4.20. The van der Waals surface area contributed by atoms with E-state index in [4.69, 9.17) is 0 Å². The minimum absolute atomic E-state index is 0.0290. The number of likely N-dealkylation sites (tertiary alicyclic amines) is 1. The number of H-pyrrole nitrogens is 1. The molecule has 1 aromatic heterocycles. The molecule has 1 aliphatic rings. The van der Waals surface area contributed by atoms with Crippen LogP contribution in [0.15, 0.2) is 24.3 Å². The van der Waals surface area contributed by atoms with Gasteiger partial charge in [0.1, 0.15) is 0 Å². The molecule has 0 spiro atoms. The first kappa shape index (κ1) is 19.9. The normalized spacial score (nSPS) is 21.4. The monoisotopic (exact) mass is 371 g/mol. The van der Waals surface area contributed by atoms with Gasteiger partial charge in [-0.15, -0.1) is 0 Å². The number of piperidine rings is 1. The third kappa shape index (κ3) is 4.36. The molecule has 1 atom stereocenters. The van der Waals surface area contributed by atoms with Gasteiger partial charge in [-0.25, -0.2) is 0 Å². The van der Waals surface area contributed by atoms with Crippen LogP contribution in [0.5, 0.6) is 0 Å². The molecule has 1 amide bonds. The van der Waals surface area contributed by atoms with Crippen molar-refractivity contribution in [1.29, 1.82) is 0 Å². The van der Waals surface area contributed by atoms with Gasteiger partial charge in [0.05, 0.1) is 0 Å². The van der Waals surface area contributed by atoms with Crippen LogP contribution >= 0.6 is 0 Å². The Morgan fingerprint density at radius 2 is 2.00 bits per heavy atom. The maximum Gasteiger partial charge on any atom is 0.255 e. The highest BCUT2D eigenvalue weighted by atomic mass is 16.3. The lowest BCUT2D eigenvalue weighted by molar-refractivity contribution is -0.160. The molecule has 1 fully saturated rings. The molecule has 1 saturated heterocycles. The second-order valence-corrected chi connectivity index (χ2v) is 9.37. The number of likely N-dealkylation sites (N-methyl/N-ethyl adjacent to an activating group) is 1. The Morgan fingerprint density at radius 3 is 2.67 bits per heavy atom. The Balaban J connectivity index is 1.71. The number of aromatic amines is 1. The SMILES string of the molecule is Cc1c(CN(C)C[C@@]2(O)CCCN(CC(C)(C)C)C2=O)[nH]c2ccccc12. The van der Waals surface area contributed by atoms with Crippen molar-refractivity contribution in [2.75, 3.05) is 26.7 Å². The number of aryl methyl sites for hydroxylation is 1. The molecule has 0 unspecified atom stereocenters. The number of aromatic nitrogens is 1. The molecular weight excluding hydrogens is 338 g/mol. The minimum Gasteiger partial charge on any atom is -0.379 e. The Bertz CT molecular complexity index is 821. The van der Waals surface area contributed by atoms with E-state index in [0.29, 0.717) is 26.1 Å². The van der Waals surface area contributed by atoms with Crippen molar-refractivity contribution in [2.45, 2.75) is 52.7 Å². The van der Waals surface area contributed by atoms with Crippen LogP contribution in [0.4, 0.5) is 0 Å². The largest absolute Gasteiger partial charge is 0.379 e. The summed E-state index contributed by atoms with van der Waals surface area (Å²) in [4.78, 5) is 20.3. The topological polar surface area (TPSA) is 59.6 Å². The lowest BCUT2D eigenvalue weighted by Gasteiger charge is -2.42. The van der Waals surface area contributed by atoms with Gasteiger partial charge in [0, 0.05) is 42.8 Å². The Kier molecular flexibility index (Phi) is 5.37. The lowest BCUT2D eigenvalue weighted by Crippen LogP contribution is -2.59. The van der Waals surface area contributed by atoms with Gasteiger partial charge in [-0.1, -0.05) is 39.0 Å². The van der Waals surface area contributed by atoms with E-state index in [-0.39, 0.29) is 11.3 Å². The van der Waals surface area contributed by atoms with E-state index in [2.05, 4.69) is 49.7 Å². The molecule has 3 rings (SSSR count). The lowest BCUT2D eigenvalue weighted by atomic mass is 9.88. The van der Waals surface area contributed by atoms with Crippen LogP contribution in [0.3, 0.4) is 0 Å². The first-order valence-corrected chi connectivity index (χ1v) is 9.86. The molecule has 5 heteroatoms. The number of rotatable bonds is 5. The summed E-state index contributed by atoms with van der Waals surface area (Å²) in [7, 11) is 1.97. The molecule has 1 aliphatic heterocycles. The maximum absolute atomic E-state index is 13.0. The van der Waals surface area contributed by atoms with Crippen molar-refractivity contribution >= 4 is 16.8 Å². The Labute approximate surface area is 162 Å². The second-order valence-electron chi connectivity index (χ2n) is 9.37. The number of hydrogen-bond acceptors (Lipinski definition) is 3. The number of carbonyl (C=O) groups excluding carboxylic acids is 1. The Hall–Kier alpha value is -1.85. The van der Waals surface area contributed by atoms with Gasteiger partial charge in [0.15, 0.2) is 5.60 Å². The van der Waals surface area contributed by atoms with Crippen molar-refractivity contribution in [1.82, 2.24) is 14.8 Å². The zero-order valence-electron chi connectivity index (χ0n) is 17.3. The zero-order valence-corrected chi connectivity index (χ0v) is 17.3. The number of carbonyl (C=O) groups is 1. The summed E-state index contributed by atoms with van der Waals surface area (Å²) in [6.07, 6.45) is 1.38. The molecule has 0 saturated carbocycles. The molecule has 0 radical (unpaired) electrons. The van der Waals surface area contributed by atoms with E-state index in [0.717, 1.165) is 24.2 Å². The summed E-state index contributed by atoms with van der Waals surface area (Å²) in [5.41, 5.74) is 2.23. The standard InChI is InChI=1S/C22H33N3O2/c1-16-17-9-6-7-10-18(17)23-19(16)13-24(5)15-22(27)11-8-12-25(20(22)26)14-21(2,3)4/h6-7,9-10,23,27H,8,11-15H2,1-5H3/t22-/m0/s1. The van der Waals surface area contributed by atoms with Crippen LogP contribution in [-0.4, -0.2) is 58.1 Å². The molecule has 0 bridgehead atoms. The molecule has 2 aromatic rings. The Morgan fingerprint density at radius 1 is 1.30 bits per heavy atom. The van der Waals surface area contributed by atoms with E-state index in [1.165, 1.54) is 10.9 Å². The number of hydrogen-bond donors (Lipinski definition) is 2. The smallest absolute Gasteiger partial charge is 0.255 e. The number of benzene rings is 1. The zero-order chi connectivity index (χ0) is 19.8. The summed E-state index contributed by atoms with van der Waals surface area (Å²) in [5.74, 6) is -0.121. The van der Waals surface area contributed by atoms with Crippen LogP contribution in [0.25, 0.3) is 10.9 Å². The third-order valence-electron chi connectivity index (χ3n) is 5.40. The average Bonchev–Trinajstić information content (AvgIpc) is 2.87. The van der Waals surface area contributed by atoms with Gasteiger partial charge in [0.25, 0.3) is 5.91 Å². The van der Waals surface area contributed by atoms with Gasteiger partial charge in [-0.3, -0.25) is 9.69 Å². The highest BCUT2D eigenvalue weighted by Crippen LogP contribution is 2.28. The quantitative estimate of drug-likeness (QED) is 0.848. The fourth-order valence-corrected chi connectivity index (χ4v) is 4.20.